The van der Waals surface area contributed by atoms with E-state index in [1.165, 1.54) is 11.8 Å². The Bertz CT molecular complexity index is 204. The van der Waals surface area contributed by atoms with Gasteiger partial charge in [0.1, 0.15) is 6.10 Å². The first-order chi connectivity index (χ1) is 5.96. The molecule has 1 rings (SSSR count). The van der Waals surface area contributed by atoms with E-state index in [-0.39, 0.29) is 0 Å². The van der Waals surface area contributed by atoms with Gasteiger partial charge in [-0.05, 0) is 17.9 Å². The van der Waals surface area contributed by atoms with E-state index in [1.54, 1.807) is 0 Å². The lowest BCUT2D eigenvalue weighted by molar-refractivity contribution is -0.186. The molecule has 0 aromatic rings. The molecule has 0 saturated carbocycles. The third-order valence-electron chi connectivity index (χ3n) is 2.07. The van der Waals surface area contributed by atoms with Crippen molar-refractivity contribution in [2.45, 2.75) is 18.4 Å². The summed E-state index contributed by atoms with van der Waals surface area (Å²) in [6.07, 6.45) is -1.60. The fraction of sp³-hybridized carbons (Fsp3) is 0.857. The van der Waals surface area contributed by atoms with E-state index in [0.29, 0.717) is 17.9 Å². The van der Waals surface area contributed by atoms with Gasteiger partial charge in [-0.1, -0.05) is 0 Å². The maximum atomic E-state index is 12.7. The zero-order valence-corrected chi connectivity index (χ0v) is 7.56. The molecule has 1 aliphatic rings. The van der Waals surface area contributed by atoms with Crippen molar-refractivity contribution < 1.29 is 23.8 Å². The van der Waals surface area contributed by atoms with Gasteiger partial charge < -0.3 is 10.2 Å². The average molecular weight is 212 g/mol. The number of halogens is 2. The summed E-state index contributed by atoms with van der Waals surface area (Å²) in [6.45, 7) is 0. The number of alkyl halides is 2. The van der Waals surface area contributed by atoms with Crippen LogP contribution in [0.3, 0.4) is 0 Å². The van der Waals surface area contributed by atoms with E-state index < -0.39 is 23.9 Å². The third-order valence-corrected chi connectivity index (χ3v) is 3.26. The molecular weight excluding hydrogens is 202 g/mol. The second kappa shape index (κ2) is 3.79. The predicted octanol–water partition coefficient (Wildman–Crippen LogP) is 0.820. The molecule has 0 bridgehead atoms. The molecule has 2 unspecified atom stereocenters. The Kier molecular flexibility index (Phi) is 3.13. The Labute approximate surface area is 78.1 Å². The van der Waals surface area contributed by atoms with Crippen LogP contribution >= 0.6 is 11.8 Å². The van der Waals surface area contributed by atoms with Crippen LogP contribution < -0.4 is 0 Å². The fourth-order valence-electron chi connectivity index (χ4n) is 1.22. The van der Waals surface area contributed by atoms with Gasteiger partial charge in [-0.25, -0.2) is 4.79 Å². The zero-order chi connectivity index (χ0) is 10.1. The molecule has 6 heteroatoms. The van der Waals surface area contributed by atoms with Crippen LogP contribution in [0, 0.1) is 5.92 Å². The first-order valence-corrected chi connectivity index (χ1v) is 4.98. The minimum Gasteiger partial charge on any atom is -0.477 e. The first-order valence-electron chi connectivity index (χ1n) is 3.83. The molecule has 0 amide bonds. The van der Waals surface area contributed by atoms with Gasteiger partial charge in [0.2, 0.25) is 0 Å². The summed E-state index contributed by atoms with van der Waals surface area (Å²) in [6, 6.07) is 0. The van der Waals surface area contributed by atoms with Crippen LogP contribution in [0.15, 0.2) is 0 Å². The topological polar surface area (TPSA) is 57.5 Å². The summed E-state index contributed by atoms with van der Waals surface area (Å²) < 4.78 is 25.5. The number of carbonyl (C=O) groups is 1. The van der Waals surface area contributed by atoms with Gasteiger partial charge in [0.25, 0.3) is 0 Å². The Morgan fingerprint density at radius 1 is 1.62 bits per heavy atom. The molecule has 0 spiro atoms. The number of hydrogen-bond donors (Lipinski definition) is 2. The molecule has 0 aliphatic carbocycles. The maximum Gasteiger partial charge on any atom is 0.377 e. The van der Waals surface area contributed by atoms with Crippen molar-refractivity contribution in [2.75, 3.05) is 11.5 Å². The smallest absolute Gasteiger partial charge is 0.377 e. The molecule has 1 aliphatic heterocycles. The summed E-state index contributed by atoms with van der Waals surface area (Å²) in [4.78, 5) is 10.1. The molecular formula is C7H10F2O3S. The Balaban J connectivity index is 2.64. The Hall–Kier alpha value is -0.360. The highest BCUT2D eigenvalue weighted by atomic mass is 32.2. The number of aliphatic carboxylic acids is 1. The monoisotopic (exact) mass is 212 g/mol. The van der Waals surface area contributed by atoms with Crippen molar-refractivity contribution in [1.29, 1.82) is 0 Å². The quantitative estimate of drug-likeness (QED) is 0.727. The summed E-state index contributed by atoms with van der Waals surface area (Å²) in [5, 5.41) is 17.3. The van der Waals surface area contributed by atoms with Gasteiger partial charge in [0, 0.05) is 5.92 Å². The van der Waals surface area contributed by atoms with Crippen molar-refractivity contribution in [3.63, 3.8) is 0 Å². The van der Waals surface area contributed by atoms with E-state index in [0.717, 1.165) is 0 Å². The number of thioether (sulfide) groups is 1. The SMILES string of the molecule is O=C(O)C(F)(F)C(O)C1CCSC1. The highest BCUT2D eigenvalue weighted by Crippen LogP contribution is 2.33. The van der Waals surface area contributed by atoms with E-state index in [9.17, 15) is 13.6 Å². The van der Waals surface area contributed by atoms with Crippen LogP contribution in [-0.2, 0) is 4.79 Å². The van der Waals surface area contributed by atoms with Crippen molar-refractivity contribution >= 4 is 17.7 Å². The number of aliphatic hydroxyl groups excluding tert-OH is 1. The van der Waals surface area contributed by atoms with Crippen LogP contribution in [0.5, 0.6) is 0 Å². The molecule has 0 aromatic heterocycles. The number of carboxylic acid groups (broad SMARTS) is 1. The van der Waals surface area contributed by atoms with Gasteiger partial charge >= 0.3 is 11.9 Å². The van der Waals surface area contributed by atoms with Crippen molar-refractivity contribution in [3.8, 4) is 0 Å². The van der Waals surface area contributed by atoms with E-state index in [1.807, 2.05) is 0 Å². The lowest BCUT2D eigenvalue weighted by atomic mass is 9.97. The molecule has 2 atom stereocenters. The van der Waals surface area contributed by atoms with Crippen LogP contribution in [0.25, 0.3) is 0 Å². The summed E-state index contributed by atoms with van der Waals surface area (Å²) >= 11 is 1.45. The van der Waals surface area contributed by atoms with Crippen LogP contribution in [0.4, 0.5) is 8.78 Å². The van der Waals surface area contributed by atoms with Gasteiger partial charge in [0.15, 0.2) is 0 Å². The van der Waals surface area contributed by atoms with Gasteiger partial charge in [0.05, 0.1) is 0 Å². The highest BCUT2D eigenvalue weighted by molar-refractivity contribution is 7.99. The lowest BCUT2D eigenvalue weighted by Gasteiger charge is -2.22. The minimum absolute atomic E-state index is 0.407. The average Bonchev–Trinajstić information content (AvgIpc) is 2.54. The van der Waals surface area contributed by atoms with Gasteiger partial charge in [-0.2, -0.15) is 20.5 Å². The molecule has 1 saturated heterocycles. The van der Waals surface area contributed by atoms with Gasteiger partial charge in [-0.3, -0.25) is 0 Å². The van der Waals surface area contributed by atoms with E-state index >= 15 is 0 Å². The van der Waals surface area contributed by atoms with Crippen LogP contribution in [0.2, 0.25) is 0 Å². The fourth-order valence-corrected chi connectivity index (χ4v) is 2.51. The second-order valence-corrected chi connectivity index (χ2v) is 4.15. The number of aliphatic hydroxyl groups is 1. The molecule has 0 aromatic carbocycles. The Morgan fingerprint density at radius 3 is 2.62 bits per heavy atom. The number of hydrogen-bond acceptors (Lipinski definition) is 3. The molecule has 1 heterocycles. The minimum atomic E-state index is -4.02. The largest absolute Gasteiger partial charge is 0.477 e. The highest BCUT2D eigenvalue weighted by Gasteiger charge is 2.50. The van der Waals surface area contributed by atoms with E-state index in [2.05, 4.69) is 0 Å². The standard InChI is InChI=1S/C7H10F2O3S/c8-7(9,6(11)12)5(10)4-1-2-13-3-4/h4-5,10H,1-3H2,(H,11,12). The summed E-state index contributed by atoms with van der Waals surface area (Å²) in [5.41, 5.74) is 0. The molecule has 0 radical (unpaired) electrons. The maximum absolute atomic E-state index is 12.7. The summed E-state index contributed by atoms with van der Waals surface area (Å²) in [7, 11) is 0. The second-order valence-electron chi connectivity index (χ2n) is 3.00. The zero-order valence-electron chi connectivity index (χ0n) is 6.74. The molecule has 1 fully saturated rings. The summed E-state index contributed by atoms with van der Waals surface area (Å²) in [5.74, 6) is -5.76. The first kappa shape index (κ1) is 10.7. The molecule has 3 nitrogen and oxygen atoms in total. The van der Waals surface area contributed by atoms with Gasteiger partial charge in [-0.15, -0.1) is 0 Å². The molecule has 13 heavy (non-hydrogen) atoms. The van der Waals surface area contributed by atoms with Crippen LogP contribution in [-0.4, -0.2) is 39.7 Å². The van der Waals surface area contributed by atoms with Crippen molar-refractivity contribution in [1.82, 2.24) is 0 Å². The number of rotatable bonds is 3. The molecule has 2 N–H and O–H groups in total. The Morgan fingerprint density at radius 2 is 2.23 bits per heavy atom. The molecule has 76 valence electrons. The van der Waals surface area contributed by atoms with Crippen molar-refractivity contribution in [2.24, 2.45) is 5.92 Å². The normalized spacial score (nSPS) is 25.9. The number of carboxylic acids is 1. The van der Waals surface area contributed by atoms with Crippen molar-refractivity contribution in [3.05, 3.63) is 0 Å². The lowest BCUT2D eigenvalue weighted by Crippen LogP contribution is -2.45. The van der Waals surface area contributed by atoms with Crippen LogP contribution in [0.1, 0.15) is 6.42 Å². The third kappa shape index (κ3) is 2.11. The predicted molar refractivity (Wildman–Crippen MR) is 44.0 cm³/mol. The van der Waals surface area contributed by atoms with E-state index in [4.69, 9.17) is 10.2 Å².